The summed E-state index contributed by atoms with van der Waals surface area (Å²) in [6.45, 7) is 11.2. The number of rotatable bonds is 7. The van der Waals surface area contributed by atoms with E-state index in [2.05, 4.69) is 153 Å². The van der Waals surface area contributed by atoms with Crippen LogP contribution in [-0.2, 0) is 20.1 Å². The standard InChI is InChI=1S/C46H37N2O2.C11H8N.Ir/c1-27(2)35-23-32(30-15-8-6-9-16-30)24-36(28(3)4)43(35)48-40-22-13-12-21-39(40)47-46(48)34-20-14-19-33-38-26-41-37(25-42(38)50-45(33)34)29(5)44(49-41)31-17-10-7-11-18-31;1-2-6-10(7-3-1)11-8-4-5-9-12-11;/h6-19,21-28H,1-5H3;1-6,8-9H;/q2*-1;. The van der Waals surface area contributed by atoms with Crippen LogP contribution in [0.15, 0.2) is 179 Å². The smallest absolute Gasteiger partial charge is 0.138 e. The molecule has 11 aromatic rings. The number of aryl methyl sites for hydroxylation is 1. The van der Waals surface area contributed by atoms with Gasteiger partial charge < -0.3 is 18.4 Å². The second-order valence-corrected chi connectivity index (χ2v) is 16.4. The molecule has 0 amide bonds. The van der Waals surface area contributed by atoms with Crippen molar-refractivity contribution in [2.75, 3.05) is 0 Å². The molecule has 0 saturated heterocycles. The van der Waals surface area contributed by atoms with Gasteiger partial charge in [-0.05, 0) is 89.2 Å². The minimum absolute atomic E-state index is 0. The maximum Gasteiger partial charge on any atom is 0.138 e. The number of pyridine rings is 1. The zero-order valence-corrected chi connectivity index (χ0v) is 38.2. The molecule has 6 heteroatoms. The molecule has 0 bridgehead atoms. The molecule has 0 saturated carbocycles. The van der Waals surface area contributed by atoms with Gasteiger partial charge in [-0.1, -0.05) is 124 Å². The number of nitrogens with zero attached hydrogens (tertiary/aromatic N) is 3. The Hall–Kier alpha value is -6.85. The molecule has 11 rings (SSSR count). The number of hydrogen-bond acceptors (Lipinski definition) is 4. The Morgan fingerprint density at radius 3 is 1.90 bits per heavy atom. The van der Waals surface area contributed by atoms with Gasteiger partial charge in [-0.2, -0.15) is 0 Å². The van der Waals surface area contributed by atoms with Crippen molar-refractivity contribution < 1.29 is 28.9 Å². The van der Waals surface area contributed by atoms with Crippen molar-refractivity contribution >= 4 is 43.9 Å². The zero-order valence-electron chi connectivity index (χ0n) is 35.8. The van der Waals surface area contributed by atoms with Gasteiger partial charge in [0.05, 0.1) is 22.4 Å². The normalized spacial score (nSPS) is 11.4. The third-order valence-corrected chi connectivity index (χ3v) is 11.7. The van der Waals surface area contributed by atoms with E-state index in [1.807, 2.05) is 66.7 Å². The number of imidazole rings is 1. The molecule has 0 unspecified atom stereocenters. The van der Waals surface area contributed by atoms with Crippen LogP contribution in [0.4, 0.5) is 0 Å². The molecule has 311 valence electrons. The molecule has 4 heterocycles. The maximum absolute atomic E-state index is 6.81. The third-order valence-electron chi connectivity index (χ3n) is 11.7. The van der Waals surface area contributed by atoms with E-state index in [0.717, 1.165) is 83.5 Å². The van der Waals surface area contributed by atoms with Crippen molar-refractivity contribution in [3.63, 3.8) is 0 Å². The van der Waals surface area contributed by atoms with Crippen LogP contribution in [0.5, 0.6) is 0 Å². The largest absolute Gasteiger partial charge is 0.501 e. The van der Waals surface area contributed by atoms with Gasteiger partial charge in [0.1, 0.15) is 16.9 Å². The van der Waals surface area contributed by atoms with Crippen LogP contribution in [-0.4, -0.2) is 14.5 Å². The van der Waals surface area contributed by atoms with Crippen LogP contribution in [0.1, 0.15) is 56.2 Å². The molecule has 0 aliphatic carbocycles. The van der Waals surface area contributed by atoms with Gasteiger partial charge >= 0.3 is 0 Å². The zero-order chi connectivity index (χ0) is 42.3. The minimum atomic E-state index is 0. The summed E-state index contributed by atoms with van der Waals surface area (Å²) in [6, 6.07) is 62.8. The third kappa shape index (κ3) is 7.71. The molecule has 4 aromatic heterocycles. The van der Waals surface area contributed by atoms with Gasteiger partial charge in [0, 0.05) is 53.9 Å². The van der Waals surface area contributed by atoms with E-state index in [0.29, 0.717) is 0 Å². The summed E-state index contributed by atoms with van der Waals surface area (Å²) in [4.78, 5) is 9.54. The predicted molar refractivity (Wildman–Crippen MR) is 255 cm³/mol. The van der Waals surface area contributed by atoms with Gasteiger partial charge in [-0.25, -0.2) is 0 Å². The quantitative estimate of drug-likeness (QED) is 0.149. The molecule has 0 fully saturated rings. The Morgan fingerprint density at radius 1 is 0.571 bits per heavy atom. The first-order valence-electron chi connectivity index (χ1n) is 21.3. The second-order valence-electron chi connectivity index (χ2n) is 16.4. The minimum Gasteiger partial charge on any atom is -0.501 e. The molecule has 7 aromatic carbocycles. The summed E-state index contributed by atoms with van der Waals surface area (Å²) in [5, 5.41) is 3.07. The molecule has 0 aliphatic heterocycles. The van der Waals surface area contributed by atoms with Crippen LogP contribution in [0.2, 0.25) is 0 Å². The summed E-state index contributed by atoms with van der Waals surface area (Å²) in [6.07, 6.45) is 1.79. The molecule has 63 heavy (non-hydrogen) atoms. The fraction of sp³-hybridized carbons (Fsp3) is 0.123. The number of hydrogen-bond donors (Lipinski definition) is 0. The Kier molecular flexibility index (Phi) is 11.5. The fourth-order valence-corrected chi connectivity index (χ4v) is 8.60. The van der Waals surface area contributed by atoms with E-state index in [-0.39, 0.29) is 31.9 Å². The summed E-state index contributed by atoms with van der Waals surface area (Å²) < 4.78 is 15.7. The molecule has 0 atom stereocenters. The SMILES string of the molecule is Cc1c(-c2ccccc2)oc2cc3c(cc12)oc1c(-c2nc4ccccc4n2-c2c(C(C)C)cc(-c4ccccc4)cc2C(C)C)[c-]ccc13.[Ir].[c-]1ccccc1-c1ccccn1. The first kappa shape index (κ1) is 41.5. The summed E-state index contributed by atoms with van der Waals surface area (Å²) >= 11 is 0. The Morgan fingerprint density at radius 2 is 1.22 bits per heavy atom. The van der Waals surface area contributed by atoms with E-state index >= 15 is 0 Å². The number of aromatic nitrogens is 3. The van der Waals surface area contributed by atoms with Crippen LogP contribution >= 0.6 is 0 Å². The van der Waals surface area contributed by atoms with Crippen molar-refractivity contribution in [1.82, 2.24) is 14.5 Å². The maximum atomic E-state index is 6.81. The van der Waals surface area contributed by atoms with Gasteiger partial charge in [-0.15, -0.1) is 54.1 Å². The topological polar surface area (TPSA) is 57.0 Å². The van der Waals surface area contributed by atoms with Crippen molar-refractivity contribution in [2.24, 2.45) is 0 Å². The number of fused-ring (bicyclic) bond motifs is 5. The van der Waals surface area contributed by atoms with Crippen molar-refractivity contribution in [1.29, 1.82) is 0 Å². The van der Waals surface area contributed by atoms with E-state index in [1.54, 1.807) is 6.20 Å². The Bertz CT molecular complexity index is 3280. The van der Waals surface area contributed by atoms with Crippen LogP contribution in [0.25, 0.3) is 94.7 Å². The average molecular weight is 996 g/mol. The first-order chi connectivity index (χ1) is 30.3. The van der Waals surface area contributed by atoms with Gasteiger partial charge in [0.15, 0.2) is 0 Å². The summed E-state index contributed by atoms with van der Waals surface area (Å²) in [5.74, 6) is 2.25. The first-order valence-corrected chi connectivity index (χ1v) is 21.3. The van der Waals surface area contributed by atoms with E-state index in [4.69, 9.17) is 13.8 Å². The van der Waals surface area contributed by atoms with Crippen LogP contribution < -0.4 is 0 Å². The van der Waals surface area contributed by atoms with Crippen LogP contribution in [0.3, 0.4) is 0 Å². The molecule has 0 N–H and O–H groups in total. The van der Waals surface area contributed by atoms with Gasteiger partial charge in [0.2, 0.25) is 0 Å². The van der Waals surface area contributed by atoms with Gasteiger partial charge in [0.25, 0.3) is 0 Å². The second kappa shape index (κ2) is 17.5. The number of para-hydroxylation sites is 2. The van der Waals surface area contributed by atoms with E-state index < -0.39 is 0 Å². The molecular formula is C57H45IrN3O2-2. The Balaban J connectivity index is 0.000000335. The number of benzene rings is 7. The monoisotopic (exact) mass is 996 g/mol. The Labute approximate surface area is 381 Å². The molecule has 0 aliphatic rings. The molecular weight excluding hydrogens is 951 g/mol. The summed E-state index contributed by atoms with van der Waals surface area (Å²) in [7, 11) is 0. The number of furan rings is 2. The molecule has 1 radical (unpaired) electrons. The van der Waals surface area contributed by atoms with E-state index in [9.17, 15) is 0 Å². The van der Waals surface area contributed by atoms with Crippen molar-refractivity contribution in [3.05, 3.63) is 199 Å². The summed E-state index contributed by atoms with van der Waals surface area (Å²) in [5.41, 5.74) is 15.6. The predicted octanol–water partition coefficient (Wildman–Crippen LogP) is 15.6. The van der Waals surface area contributed by atoms with Gasteiger partial charge in [-0.3, -0.25) is 4.98 Å². The average Bonchev–Trinajstić information content (AvgIpc) is 3.99. The van der Waals surface area contributed by atoms with Crippen molar-refractivity contribution in [2.45, 2.75) is 46.5 Å². The van der Waals surface area contributed by atoms with E-state index in [1.165, 1.54) is 27.9 Å². The van der Waals surface area contributed by atoms with Crippen molar-refractivity contribution in [3.8, 4) is 50.8 Å². The molecule has 5 nitrogen and oxygen atoms in total. The molecule has 0 spiro atoms. The van der Waals surface area contributed by atoms with Crippen LogP contribution in [0, 0.1) is 19.1 Å². The fourth-order valence-electron chi connectivity index (χ4n) is 8.60.